The second-order valence-electron chi connectivity index (χ2n) is 4.93. The third-order valence-electron chi connectivity index (χ3n) is 2.37. The summed E-state index contributed by atoms with van der Waals surface area (Å²) in [7, 11) is 4.28. The Labute approximate surface area is 101 Å². The van der Waals surface area contributed by atoms with E-state index in [1.165, 1.54) is 32.5 Å². The van der Waals surface area contributed by atoms with E-state index in [-0.39, 0.29) is 0 Å². The molecule has 0 amide bonds. The maximum absolute atomic E-state index is 4.25. The van der Waals surface area contributed by atoms with E-state index in [0.29, 0.717) is 0 Å². The van der Waals surface area contributed by atoms with E-state index in [1.54, 1.807) is 0 Å². The number of unbranched alkanes of at least 4 members (excludes halogenated alkanes) is 1. The predicted molar refractivity (Wildman–Crippen MR) is 72.9 cm³/mol. The number of likely N-dealkylation sites (N-methyl/N-ethyl adjacent to an activating group) is 1. The second-order valence-corrected chi connectivity index (χ2v) is 5.38. The van der Waals surface area contributed by atoms with E-state index in [9.17, 15) is 0 Å². The van der Waals surface area contributed by atoms with Crippen LogP contribution in [0.3, 0.4) is 0 Å². The molecule has 0 heterocycles. The molecule has 0 spiro atoms. The van der Waals surface area contributed by atoms with Gasteiger partial charge in [-0.3, -0.25) is 0 Å². The molecular formula is C12H28N2S. The molecule has 0 aliphatic heterocycles. The van der Waals surface area contributed by atoms with Crippen molar-refractivity contribution in [1.29, 1.82) is 0 Å². The number of nitrogens with zero attached hydrogens (tertiary/aromatic N) is 2. The van der Waals surface area contributed by atoms with E-state index < -0.39 is 0 Å². The van der Waals surface area contributed by atoms with Crippen LogP contribution in [0, 0.1) is 5.92 Å². The van der Waals surface area contributed by atoms with Gasteiger partial charge in [0.25, 0.3) is 0 Å². The topological polar surface area (TPSA) is 6.48 Å². The Bertz CT molecular complexity index is 138. The minimum absolute atomic E-state index is 0.767. The lowest BCUT2D eigenvalue weighted by Crippen LogP contribution is -2.35. The molecule has 0 aliphatic rings. The fourth-order valence-electron chi connectivity index (χ4n) is 1.60. The first-order valence-electron chi connectivity index (χ1n) is 6.04. The van der Waals surface area contributed by atoms with Crippen molar-refractivity contribution in [3.8, 4) is 0 Å². The van der Waals surface area contributed by atoms with Crippen LogP contribution in [0.4, 0.5) is 0 Å². The lowest BCUT2D eigenvalue weighted by molar-refractivity contribution is 0.216. The molecular weight excluding hydrogens is 204 g/mol. The molecule has 15 heavy (non-hydrogen) atoms. The van der Waals surface area contributed by atoms with Crippen LogP contribution in [-0.4, -0.2) is 55.8 Å². The average Bonchev–Trinajstić information content (AvgIpc) is 2.13. The Morgan fingerprint density at radius 3 is 2.13 bits per heavy atom. The number of hydrogen-bond donors (Lipinski definition) is 1. The fraction of sp³-hybridized carbons (Fsp3) is 1.00. The van der Waals surface area contributed by atoms with Gasteiger partial charge in [0.15, 0.2) is 0 Å². The Hall–Kier alpha value is 0.270. The van der Waals surface area contributed by atoms with Gasteiger partial charge in [0.2, 0.25) is 0 Å². The molecule has 0 rings (SSSR count). The van der Waals surface area contributed by atoms with Crippen LogP contribution in [0.15, 0.2) is 0 Å². The predicted octanol–water partition coefficient (Wildman–Crippen LogP) is 2.22. The van der Waals surface area contributed by atoms with Gasteiger partial charge in [-0.1, -0.05) is 13.8 Å². The standard InChI is InChI=1S/C12H28N2S/c1-12(2)11-14(7-5-6-10-15)9-8-13(3)4/h12,15H,5-11H2,1-4H3. The van der Waals surface area contributed by atoms with Gasteiger partial charge >= 0.3 is 0 Å². The van der Waals surface area contributed by atoms with Gasteiger partial charge in [0.1, 0.15) is 0 Å². The summed E-state index contributed by atoms with van der Waals surface area (Å²) in [5, 5.41) is 0. The molecule has 0 aliphatic carbocycles. The molecule has 0 atom stereocenters. The molecule has 0 bridgehead atoms. The molecule has 0 radical (unpaired) electrons. The van der Waals surface area contributed by atoms with Crippen molar-refractivity contribution in [2.45, 2.75) is 26.7 Å². The van der Waals surface area contributed by atoms with Crippen molar-refractivity contribution in [2.24, 2.45) is 5.92 Å². The van der Waals surface area contributed by atoms with Crippen LogP contribution in [0.1, 0.15) is 26.7 Å². The van der Waals surface area contributed by atoms with Gasteiger partial charge in [-0.05, 0) is 45.2 Å². The lowest BCUT2D eigenvalue weighted by atomic mass is 10.2. The molecule has 3 heteroatoms. The normalized spacial score (nSPS) is 12.0. The van der Waals surface area contributed by atoms with Gasteiger partial charge in [-0.25, -0.2) is 0 Å². The minimum atomic E-state index is 0.767. The minimum Gasteiger partial charge on any atom is -0.308 e. The zero-order valence-electron chi connectivity index (χ0n) is 10.9. The summed E-state index contributed by atoms with van der Waals surface area (Å²) in [6.07, 6.45) is 2.52. The molecule has 0 N–H and O–H groups in total. The first kappa shape index (κ1) is 15.3. The molecule has 0 aromatic heterocycles. The molecule has 0 aromatic rings. The molecule has 0 saturated carbocycles. The van der Waals surface area contributed by atoms with Crippen molar-refractivity contribution in [3.05, 3.63) is 0 Å². The average molecular weight is 232 g/mol. The van der Waals surface area contributed by atoms with E-state index in [2.05, 4.69) is 50.4 Å². The summed E-state index contributed by atoms with van der Waals surface area (Å²) in [6.45, 7) is 9.39. The zero-order chi connectivity index (χ0) is 11.7. The Morgan fingerprint density at radius 1 is 1.00 bits per heavy atom. The van der Waals surface area contributed by atoms with Crippen LogP contribution >= 0.6 is 12.6 Å². The van der Waals surface area contributed by atoms with E-state index in [0.717, 1.165) is 18.2 Å². The van der Waals surface area contributed by atoms with Crippen molar-refractivity contribution < 1.29 is 0 Å². The quantitative estimate of drug-likeness (QED) is 0.481. The van der Waals surface area contributed by atoms with Gasteiger partial charge in [-0.2, -0.15) is 12.6 Å². The number of thiol groups is 1. The fourth-order valence-corrected chi connectivity index (χ4v) is 1.82. The maximum atomic E-state index is 4.25. The van der Waals surface area contributed by atoms with E-state index >= 15 is 0 Å². The highest BCUT2D eigenvalue weighted by Gasteiger charge is 2.06. The summed E-state index contributed by atoms with van der Waals surface area (Å²) in [5.41, 5.74) is 0. The monoisotopic (exact) mass is 232 g/mol. The molecule has 2 nitrogen and oxygen atoms in total. The zero-order valence-corrected chi connectivity index (χ0v) is 11.8. The van der Waals surface area contributed by atoms with Crippen molar-refractivity contribution in [2.75, 3.05) is 46.0 Å². The first-order valence-corrected chi connectivity index (χ1v) is 6.67. The van der Waals surface area contributed by atoms with E-state index in [4.69, 9.17) is 0 Å². The Morgan fingerprint density at radius 2 is 1.67 bits per heavy atom. The second kappa shape index (κ2) is 9.49. The molecule has 0 aromatic carbocycles. The summed E-state index contributed by atoms with van der Waals surface area (Å²) in [6, 6.07) is 0. The molecule has 92 valence electrons. The Balaban J connectivity index is 3.73. The summed E-state index contributed by atoms with van der Waals surface area (Å²) < 4.78 is 0. The third-order valence-corrected chi connectivity index (χ3v) is 2.69. The summed E-state index contributed by atoms with van der Waals surface area (Å²) in [4.78, 5) is 4.83. The van der Waals surface area contributed by atoms with Gasteiger partial charge in [0.05, 0.1) is 0 Å². The number of hydrogen-bond acceptors (Lipinski definition) is 3. The molecule has 0 unspecified atom stereocenters. The molecule has 0 saturated heterocycles. The maximum Gasteiger partial charge on any atom is 0.0109 e. The summed E-state index contributed by atoms with van der Waals surface area (Å²) in [5.74, 6) is 1.78. The van der Waals surface area contributed by atoms with Crippen LogP contribution in [0.25, 0.3) is 0 Å². The smallest absolute Gasteiger partial charge is 0.0109 e. The van der Waals surface area contributed by atoms with Crippen molar-refractivity contribution in [1.82, 2.24) is 9.80 Å². The number of rotatable bonds is 9. The highest BCUT2D eigenvalue weighted by atomic mass is 32.1. The van der Waals surface area contributed by atoms with Crippen LogP contribution in [0.2, 0.25) is 0 Å². The third kappa shape index (κ3) is 10.6. The highest BCUT2D eigenvalue weighted by molar-refractivity contribution is 7.80. The van der Waals surface area contributed by atoms with Gasteiger partial charge < -0.3 is 9.80 Å². The van der Waals surface area contributed by atoms with E-state index in [1.807, 2.05) is 0 Å². The van der Waals surface area contributed by atoms with Crippen molar-refractivity contribution >= 4 is 12.6 Å². The van der Waals surface area contributed by atoms with Crippen LogP contribution in [-0.2, 0) is 0 Å². The summed E-state index contributed by atoms with van der Waals surface area (Å²) >= 11 is 4.25. The molecule has 0 fully saturated rings. The van der Waals surface area contributed by atoms with Crippen molar-refractivity contribution in [3.63, 3.8) is 0 Å². The van der Waals surface area contributed by atoms with Gasteiger partial charge in [0, 0.05) is 19.6 Å². The SMILES string of the molecule is CC(C)CN(CCCCS)CCN(C)C. The van der Waals surface area contributed by atoms with Gasteiger partial charge in [-0.15, -0.1) is 0 Å². The lowest BCUT2D eigenvalue weighted by Gasteiger charge is -2.25. The van der Waals surface area contributed by atoms with Crippen LogP contribution < -0.4 is 0 Å². The first-order chi connectivity index (χ1) is 7.06. The van der Waals surface area contributed by atoms with Crippen LogP contribution in [0.5, 0.6) is 0 Å². The highest BCUT2D eigenvalue weighted by Crippen LogP contribution is 2.02. The Kier molecular flexibility index (Phi) is 9.66. The largest absolute Gasteiger partial charge is 0.308 e.